The zero-order valence-electron chi connectivity index (χ0n) is 13.5. The highest BCUT2D eigenvalue weighted by Crippen LogP contribution is 2.28. The van der Waals surface area contributed by atoms with E-state index in [1.165, 1.54) is 12.3 Å². The van der Waals surface area contributed by atoms with Gasteiger partial charge in [-0.15, -0.1) is 12.4 Å². The van der Waals surface area contributed by atoms with Crippen LogP contribution in [0.2, 0.25) is 0 Å². The van der Waals surface area contributed by atoms with Gasteiger partial charge in [0.05, 0.1) is 5.56 Å². The first-order chi connectivity index (χ1) is 12.0. The number of aromatic nitrogens is 2. The Hall–Kier alpha value is -2.46. The highest BCUT2D eigenvalue weighted by Gasteiger charge is 2.44. The van der Waals surface area contributed by atoms with E-state index in [4.69, 9.17) is 15.2 Å². The van der Waals surface area contributed by atoms with Gasteiger partial charge in [-0.25, -0.2) is 9.59 Å². The second-order valence-electron chi connectivity index (χ2n) is 5.55. The van der Waals surface area contributed by atoms with Crippen LogP contribution in [0.15, 0.2) is 47.4 Å². The lowest BCUT2D eigenvalue weighted by atomic mass is 10.1. The van der Waals surface area contributed by atoms with Crippen LogP contribution in [-0.2, 0) is 9.47 Å². The zero-order chi connectivity index (χ0) is 18.0. The van der Waals surface area contributed by atoms with Crippen molar-refractivity contribution in [2.45, 2.75) is 24.5 Å². The maximum Gasteiger partial charge on any atom is 0.351 e. The number of carbonyl (C=O) groups excluding carboxylic acids is 1. The molecule has 4 N–H and O–H groups in total. The Morgan fingerprint density at radius 3 is 2.58 bits per heavy atom. The Bertz CT molecular complexity index is 815. The summed E-state index contributed by atoms with van der Waals surface area (Å²) in [5, 5.41) is 20.2. The number of hydrogen-bond acceptors (Lipinski definition) is 8. The van der Waals surface area contributed by atoms with E-state index in [1.807, 2.05) is 0 Å². The lowest BCUT2D eigenvalue weighted by Gasteiger charge is -2.16. The van der Waals surface area contributed by atoms with Crippen LogP contribution in [-0.4, -0.2) is 50.7 Å². The number of esters is 1. The summed E-state index contributed by atoms with van der Waals surface area (Å²) in [5.74, 6) is -0.553. The number of nitrogens with two attached hydrogens (primary N) is 1. The van der Waals surface area contributed by atoms with E-state index < -0.39 is 36.2 Å². The minimum Gasteiger partial charge on any atom is -0.459 e. The van der Waals surface area contributed by atoms with E-state index in [0.29, 0.717) is 5.56 Å². The van der Waals surface area contributed by atoms with Gasteiger partial charge < -0.3 is 25.4 Å². The molecule has 3 rings (SSSR count). The molecule has 0 aliphatic carbocycles. The SMILES string of the molecule is Cl.Nc1ccn([C@@H]2O[C@H](COC(=O)c3ccccc3)[C@@H](O)[C@@H]2O)c(=O)n1. The minimum atomic E-state index is -1.39. The molecule has 10 heteroatoms. The molecule has 2 aromatic rings. The lowest BCUT2D eigenvalue weighted by molar-refractivity contribution is -0.0598. The summed E-state index contributed by atoms with van der Waals surface area (Å²) < 4.78 is 11.6. The molecule has 1 aliphatic rings. The highest BCUT2D eigenvalue weighted by molar-refractivity contribution is 5.89. The summed E-state index contributed by atoms with van der Waals surface area (Å²) in [6.07, 6.45) is -3.56. The summed E-state index contributed by atoms with van der Waals surface area (Å²) in [6, 6.07) is 9.69. The van der Waals surface area contributed by atoms with Gasteiger partial charge in [0.2, 0.25) is 0 Å². The molecular weight excluding hydrogens is 366 g/mol. The quantitative estimate of drug-likeness (QED) is 0.613. The minimum absolute atomic E-state index is 0. The van der Waals surface area contributed by atoms with Gasteiger partial charge in [-0.2, -0.15) is 4.98 Å². The molecule has 9 nitrogen and oxygen atoms in total. The van der Waals surface area contributed by atoms with Crippen molar-refractivity contribution in [3.05, 3.63) is 58.6 Å². The molecule has 0 spiro atoms. The Morgan fingerprint density at radius 2 is 1.92 bits per heavy atom. The Balaban J connectivity index is 0.00000243. The van der Waals surface area contributed by atoms with Crippen LogP contribution < -0.4 is 11.4 Å². The predicted molar refractivity (Wildman–Crippen MR) is 92.8 cm³/mol. The number of ether oxygens (including phenoxy) is 2. The van der Waals surface area contributed by atoms with Crippen LogP contribution in [0.5, 0.6) is 0 Å². The molecule has 0 amide bonds. The first-order valence-corrected chi connectivity index (χ1v) is 7.56. The molecule has 4 atom stereocenters. The average molecular weight is 384 g/mol. The van der Waals surface area contributed by atoms with Gasteiger partial charge in [-0.05, 0) is 18.2 Å². The third-order valence-electron chi connectivity index (χ3n) is 3.85. The van der Waals surface area contributed by atoms with Crippen LogP contribution in [0.1, 0.15) is 16.6 Å². The first-order valence-electron chi connectivity index (χ1n) is 7.56. The molecular formula is C16H18ClN3O6. The van der Waals surface area contributed by atoms with Gasteiger partial charge in [-0.3, -0.25) is 4.57 Å². The molecule has 0 unspecified atom stereocenters. The van der Waals surface area contributed by atoms with Crippen molar-refractivity contribution in [3.8, 4) is 0 Å². The molecule has 26 heavy (non-hydrogen) atoms. The Morgan fingerprint density at radius 1 is 1.23 bits per heavy atom. The third kappa shape index (κ3) is 4.02. The summed E-state index contributed by atoms with van der Waals surface area (Å²) in [4.78, 5) is 27.3. The van der Waals surface area contributed by atoms with Crippen molar-refractivity contribution in [3.63, 3.8) is 0 Å². The van der Waals surface area contributed by atoms with E-state index >= 15 is 0 Å². The molecule has 0 radical (unpaired) electrons. The van der Waals surface area contributed by atoms with E-state index in [-0.39, 0.29) is 24.8 Å². The molecule has 1 aromatic heterocycles. The fourth-order valence-corrected chi connectivity index (χ4v) is 2.53. The van der Waals surface area contributed by atoms with E-state index in [2.05, 4.69) is 4.98 Å². The number of nitrogen functional groups attached to an aromatic ring is 1. The van der Waals surface area contributed by atoms with Crippen molar-refractivity contribution in [2.24, 2.45) is 0 Å². The monoisotopic (exact) mass is 383 g/mol. The number of rotatable bonds is 4. The summed E-state index contributed by atoms with van der Waals surface area (Å²) in [6.45, 7) is -0.278. The van der Waals surface area contributed by atoms with Gasteiger partial charge in [-0.1, -0.05) is 18.2 Å². The standard InChI is InChI=1S/C16H17N3O6.ClH/c17-11-6-7-19(16(23)18-11)14-13(21)12(20)10(25-14)8-24-15(22)9-4-2-1-3-5-9;/h1-7,10,12-14,20-21H,8H2,(H2,17,18,23);1H/t10-,12-,13+,14-;/m1./s1. The second kappa shape index (κ2) is 8.28. The predicted octanol–water partition coefficient (Wildman–Crippen LogP) is -0.277. The number of halogens is 1. The van der Waals surface area contributed by atoms with E-state index in [1.54, 1.807) is 30.3 Å². The van der Waals surface area contributed by atoms with Crippen molar-refractivity contribution in [2.75, 3.05) is 12.3 Å². The van der Waals surface area contributed by atoms with Crippen LogP contribution in [0.25, 0.3) is 0 Å². The molecule has 2 heterocycles. The topological polar surface area (TPSA) is 137 Å². The number of aliphatic hydroxyl groups excluding tert-OH is 2. The summed E-state index contributed by atoms with van der Waals surface area (Å²) >= 11 is 0. The number of nitrogens with zero attached hydrogens (tertiary/aromatic N) is 2. The number of hydrogen-bond donors (Lipinski definition) is 3. The zero-order valence-corrected chi connectivity index (χ0v) is 14.3. The van der Waals surface area contributed by atoms with Crippen molar-refractivity contribution in [1.29, 1.82) is 0 Å². The number of benzene rings is 1. The third-order valence-corrected chi connectivity index (χ3v) is 3.85. The largest absolute Gasteiger partial charge is 0.459 e. The van der Waals surface area contributed by atoms with Crippen molar-refractivity contribution >= 4 is 24.2 Å². The molecule has 1 saturated heterocycles. The van der Waals surface area contributed by atoms with Gasteiger partial charge >= 0.3 is 11.7 Å². The Kier molecular flexibility index (Phi) is 6.32. The van der Waals surface area contributed by atoms with Crippen LogP contribution in [0.3, 0.4) is 0 Å². The fourth-order valence-electron chi connectivity index (χ4n) is 2.53. The molecule has 1 aliphatic heterocycles. The Labute approximate surface area is 154 Å². The van der Waals surface area contributed by atoms with Crippen molar-refractivity contribution < 1.29 is 24.5 Å². The van der Waals surface area contributed by atoms with Gasteiger partial charge in [0.1, 0.15) is 30.7 Å². The first kappa shape index (κ1) is 19.9. The summed E-state index contributed by atoms with van der Waals surface area (Å²) in [7, 11) is 0. The maximum atomic E-state index is 11.9. The van der Waals surface area contributed by atoms with Gasteiger partial charge in [0, 0.05) is 6.20 Å². The molecule has 0 saturated carbocycles. The average Bonchev–Trinajstić information content (AvgIpc) is 2.89. The normalized spacial score (nSPS) is 24.7. The number of carbonyl (C=O) groups is 1. The smallest absolute Gasteiger partial charge is 0.351 e. The fraction of sp³-hybridized carbons (Fsp3) is 0.312. The molecule has 140 valence electrons. The molecule has 1 aromatic carbocycles. The van der Waals surface area contributed by atoms with Crippen LogP contribution in [0, 0.1) is 0 Å². The van der Waals surface area contributed by atoms with E-state index in [9.17, 15) is 19.8 Å². The highest BCUT2D eigenvalue weighted by atomic mass is 35.5. The van der Waals surface area contributed by atoms with Crippen LogP contribution >= 0.6 is 12.4 Å². The van der Waals surface area contributed by atoms with Crippen molar-refractivity contribution in [1.82, 2.24) is 9.55 Å². The summed E-state index contributed by atoms with van der Waals surface area (Å²) in [5.41, 5.74) is 5.05. The second-order valence-corrected chi connectivity index (χ2v) is 5.55. The maximum absolute atomic E-state index is 11.9. The van der Waals surface area contributed by atoms with Gasteiger partial charge in [0.25, 0.3) is 0 Å². The van der Waals surface area contributed by atoms with Crippen LogP contribution in [0.4, 0.5) is 5.82 Å². The number of aliphatic hydroxyl groups is 2. The van der Waals surface area contributed by atoms with Gasteiger partial charge in [0.15, 0.2) is 6.23 Å². The molecule has 1 fully saturated rings. The molecule has 0 bridgehead atoms. The number of anilines is 1. The lowest BCUT2D eigenvalue weighted by Crippen LogP contribution is -2.36. The van der Waals surface area contributed by atoms with E-state index in [0.717, 1.165) is 4.57 Å².